The highest BCUT2D eigenvalue weighted by atomic mass is 19.4. The van der Waals surface area contributed by atoms with Gasteiger partial charge in [0.25, 0.3) is 11.8 Å². The third-order valence-electron chi connectivity index (χ3n) is 7.38. The van der Waals surface area contributed by atoms with E-state index in [0.29, 0.717) is 0 Å². The lowest BCUT2D eigenvalue weighted by Gasteiger charge is -2.19. The number of hydrogen-bond acceptors (Lipinski definition) is 6. The van der Waals surface area contributed by atoms with Crippen LogP contribution in [0.15, 0.2) is 72.8 Å². The molecular weight excluding hydrogens is 594 g/mol. The lowest BCUT2D eigenvalue weighted by atomic mass is 10.1. The summed E-state index contributed by atoms with van der Waals surface area (Å²) in [6.45, 7) is -0.607. The highest BCUT2D eigenvalue weighted by molar-refractivity contribution is 6.24. The smallest absolute Gasteiger partial charge is 0.301 e. The van der Waals surface area contributed by atoms with Crippen LogP contribution in [-0.4, -0.2) is 35.7 Å². The molecule has 0 aliphatic carbocycles. The molecule has 44 heavy (non-hydrogen) atoms. The number of nitrogens with zero attached hydrogens (tertiary/aromatic N) is 2. The molecule has 3 aromatic rings. The molecule has 14 heteroatoms. The number of alkyl halides is 6. The minimum absolute atomic E-state index is 0.0830. The van der Waals surface area contributed by atoms with E-state index < -0.39 is 59.2 Å². The summed E-state index contributed by atoms with van der Waals surface area (Å²) in [4.78, 5) is 53.1. The van der Waals surface area contributed by atoms with Crippen LogP contribution < -0.4 is 20.4 Å². The van der Waals surface area contributed by atoms with Crippen LogP contribution in [-0.2, 0) is 44.6 Å². The molecule has 2 aliphatic heterocycles. The normalized spacial score (nSPS) is 19.4. The second-order valence-electron chi connectivity index (χ2n) is 10.2. The highest BCUT2D eigenvalue weighted by Crippen LogP contribution is 2.34. The van der Waals surface area contributed by atoms with Gasteiger partial charge in [0.2, 0.25) is 11.8 Å². The van der Waals surface area contributed by atoms with Crippen molar-refractivity contribution in [3.63, 3.8) is 0 Å². The van der Waals surface area contributed by atoms with Crippen LogP contribution in [0, 0.1) is 0 Å². The van der Waals surface area contributed by atoms with E-state index in [4.69, 9.17) is 0 Å². The molecule has 8 nitrogen and oxygen atoms in total. The molecule has 0 unspecified atom stereocenters. The number of rotatable bonds is 8. The van der Waals surface area contributed by atoms with Crippen LogP contribution in [0.25, 0.3) is 0 Å². The first-order chi connectivity index (χ1) is 20.8. The maximum absolute atomic E-state index is 13.3. The molecule has 2 aliphatic rings. The van der Waals surface area contributed by atoms with Crippen LogP contribution in [0.5, 0.6) is 0 Å². The Balaban J connectivity index is 1.23. The number of anilines is 2. The van der Waals surface area contributed by atoms with E-state index in [1.807, 2.05) is 0 Å². The van der Waals surface area contributed by atoms with Crippen molar-refractivity contribution < 1.29 is 45.5 Å². The van der Waals surface area contributed by atoms with E-state index in [1.165, 1.54) is 60.7 Å². The maximum atomic E-state index is 13.3. The van der Waals surface area contributed by atoms with Gasteiger partial charge in [-0.2, -0.15) is 26.3 Å². The quantitative estimate of drug-likeness (QED) is 0.284. The summed E-state index contributed by atoms with van der Waals surface area (Å²) in [5.74, 6) is -2.55. The zero-order valence-electron chi connectivity index (χ0n) is 22.7. The molecule has 0 bridgehead atoms. The molecule has 4 amide bonds. The molecule has 0 spiro atoms. The second-order valence-corrected chi connectivity index (χ2v) is 10.2. The summed E-state index contributed by atoms with van der Waals surface area (Å²) < 4.78 is 79.8. The van der Waals surface area contributed by atoms with Crippen molar-refractivity contribution in [3.8, 4) is 0 Å². The number of hydrogen-bond donors (Lipinski definition) is 2. The monoisotopic (exact) mass is 618 g/mol. The lowest BCUT2D eigenvalue weighted by molar-refractivity contribution is -0.139. The Labute approximate surface area is 246 Å². The molecule has 2 N–H and O–H groups in total. The number of amides is 4. The number of carbonyl (C=O) groups is 4. The van der Waals surface area contributed by atoms with E-state index in [2.05, 4.69) is 10.6 Å². The first-order valence-electron chi connectivity index (χ1n) is 13.4. The molecule has 2 saturated heterocycles. The molecule has 0 saturated carbocycles. The fourth-order valence-corrected chi connectivity index (χ4v) is 5.24. The van der Waals surface area contributed by atoms with E-state index in [-0.39, 0.29) is 48.4 Å². The average molecular weight is 619 g/mol. The van der Waals surface area contributed by atoms with Gasteiger partial charge in [-0.05, 0) is 47.5 Å². The summed E-state index contributed by atoms with van der Waals surface area (Å²) in [7, 11) is 0. The first kappa shape index (κ1) is 30.9. The van der Waals surface area contributed by atoms with Gasteiger partial charge in [0.1, 0.15) is 0 Å². The van der Waals surface area contributed by atoms with Gasteiger partial charge in [-0.1, -0.05) is 36.4 Å². The van der Waals surface area contributed by atoms with E-state index >= 15 is 0 Å². The van der Waals surface area contributed by atoms with Gasteiger partial charge in [0.15, 0.2) is 0 Å². The lowest BCUT2D eigenvalue weighted by Crippen LogP contribution is -2.39. The standard InChI is InChI=1S/C30H24F6N4O4/c31-29(32,33)21-7-3-1-5-17(21)15-37-23-13-25(41)39(27(23)43)19-9-11-20(12-10-19)40-26(42)14-24(28(40)44)38-16-18-6-2-4-8-22(18)30(34,35)36/h1-12,23-24,37-38H,13-16H2/t23-,24-/m0/s1. The Bertz CT molecular complexity index is 1490. The summed E-state index contributed by atoms with van der Waals surface area (Å²) >= 11 is 0. The summed E-state index contributed by atoms with van der Waals surface area (Å²) in [6.07, 6.45) is -9.76. The summed E-state index contributed by atoms with van der Waals surface area (Å²) in [5.41, 5.74) is -1.62. The fourth-order valence-electron chi connectivity index (χ4n) is 5.24. The maximum Gasteiger partial charge on any atom is 0.416 e. The molecule has 0 radical (unpaired) electrons. The summed E-state index contributed by atoms with van der Waals surface area (Å²) in [5, 5.41) is 5.44. The zero-order valence-corrected chi connectivity index (χ0v) is 22.7. The van der Waals surface area contributed by atoms with Crippen LogP contribution in [0.4, 0.5) is 37.7 Å². The van der Waals surface area contributed by atoms with Crippen LogP contribution in [0.3, 0.4) is 0 Å². The predicted octanol–water partition coefficient (Wildman–Crippen LogP) is 4.57. The third-order valence-corrected chi connectivity index (χ3v) is 7.38. The molecule has 0 aromatic heterocycles. The number of halogens is 6. The Hall–Kier alpha value is -4.56. The van der Waals surface area contributed by atoms with Gasteiger partial charge in [-0.25, -0.2) is 9.80 Å². The number of nitrogens with one attached hydrogen (secondary N) is 2. The van der Waals surface area contributed by atoms with Crippen LogP contribution in [0.1, 0.15) is 35.1 Å². The SMILES string of the molecule is O=C1C[C@H](NCc2ccccc2C(F)(F)F)C(=O)N1c1ccc(N2C(=O)C[C@H](NCc3ccccc3C(F)(F)F)C2=O)cc1. The topological polar surface area (TPSA) is 98.8 Å². The largest absolute Gasteiger partial charge is 0.416 e. The van der Waals surface area contributed by atoms with E-state index in [0.717, 1.165) is 21.9 Å². The van der Waals surface area contributed by atoms with Crippen molar-refractivity contribution in [2.45, 2.75) is 50.4 Å². The Morgan fingerprint density at radius 2 is 0.909 bits per heavy atom. The zero-order chi connectivity index (χ0) is 31.8. The van der Waals surface area contributed by atoms with Gasteiger partial charge < -0.3 is 10.6 Å². The second kappa shape index (κ2) is 11.8. The minimum Gasteiger partial charge on any atom is -0.301 e. The average Bonchev–Trinajstić information content (AvgIpc) is 3.42. The van der Waals surface area contributed by atoms with Gasteiger partial charge in [-0.15, -0.1) is 0 Å². The molecule has 2 heterocycles. The summed E-state index contributed by atoms with van der Waals surface area (Å²) in [6, 6.07) is 13.0. The van der Waals surface area contributed by atoms with Gasteiger partial charge >= 0.3 is 12.4 Å². The Morgan fingerprint density at radius 3 is 1.25 bits per heavy atom. The van der Waals surface area contributed by atoms with Crippen LogP contribution in [0.2, 0.25) is 0 Å². The van der Waals surface area contributed by atoms with E-state index in [1.54, 1.807) is 0 Å². The number of imide groups is 2. The molecule has 5 rings (SSSR count). The molecular formula is C30H24F6N4O4. The van der Waals surface area contributed by atoms with Crippen molar-refractivity contribution in [1.82, 2.24) is 10.6 Å². The Morgan fingerprint density at radius 1 is 0.568 bits per heavy atom. The highest BCUT2D eigenvalue weighted by Gasteiger charge is 2.42. The Kier molecular flexibility index (Phi) is 8.32. The molecule has 3 aromatic carbocycles. The molecule has 230 valence electrons. The van der Waals surface area contributed by atoms with Crippen molar-refractivity contribution >= 4 is 35.0 Å². The van der Waals surface area contributed by atoms with Crippen molar-refractivity contribution in [2.24, 2.45) is 0 Å². The van der Waals surface area contributed by atoms with Crippen molar-refractivity contribution in [1.29, 1.82) is 0 Å². The van der Waals surface area contributed by atoms with Crippen molar-refractivity contribution in [2.75, 3.05) is 9.80 Å². The first-order valence-corrected chi connectivity index (χ1v) is 13.4. The van der Waals surface area contributed by atoms with Gasteiger partial charge in [0.05, 0.1) is 47.4 Å². The van der Waals surface area contributed by atoms with Crippen LogP contribution >= 0.6 is 0 Å². The number of carbonyl (C=O) groups excluding carboxylic acids is 4. The minimum atomic E-state index is -4.59. The molecule has 2 atom stereocenters. The predicted molar refractivity (Wildman–Crippen MR) is 145 cm³/mol. The van der Waals surface area contributed by atoms with Crippen molar-refractivity contribution in [3.05, 3.63) is 95.1 Å². The fraction of sp³-hybridized carbons (Fsp3) is 0.267. The molecule has 2 fully saturated rings. The van der Waals surface area contributed by atoms with E-state index in [9.17, 15) is 45.5 Å². The van der Waals surface area contributed by atoms with Gasteiger partial charge in [0, 0.05) is 13.1 Å². The third kappa shape index (κ3) is 6.21. The van der Waals surface area contributed by atoms with Gasteiger partial charge in [-0.3, -0.25) is 19.2 Å². The number of benzene rings is 3.